The zero-order valence-electron chi connectivity index (χ0n) is 17.5. The van der Waals surface area contributed by atoms with Gasteiger partial charge in [0.25, 0.3) is 11.8 Å². The number of thiazole rings is 1. The van der Waals surface area contributed by atoms with E-state index < -0.39 is 5.82 Å². The minimum absolute atomic E-state index is 0.0150. The Bertz CT molecular complexity index is 1110. The summed E-state index contributed by atoms with van der Waals surface area (Å²) in [6, 6.07) is 14.6. The molecule has 3 heterocycles. The van der Waals surface area contributed by atoms with Crippen molar-refractivity contribution < 1.29 is 14.0 Å². The SMILES string of the molecule is O=C(c1nccs1)N1CCN(C2CN(C(=O)c3cc(-c4ccccc4)ccc3F)C2)CC1. The number of nitrogens with zero attached hydrogens (tertiary/aromatic N) is 4. The molecule has 164 valence electrons. The largest absolute Gasteiger partial charge is 0.335 e. The Morgan fingerprint density at radius 1 is 0.906 bits per heavy atom. The van der Waals surface area contributed by atoms with E-state index in [2.05, 4.69) is 9.88 Å². The number of hydrogen-bond acceptors (Lipinski definition) is 5. The van der Waals surface area contributed by atoms with E-state index in [9.17, 15) is 14.0 Å². The smallest absolute Gasteiger partial charge is 0.282 e. The average molecular weight is 451 g/mol. The second kappa shape index (κ2) is 8.80. The highest BCUT2D eigenvalue weighted by atomic mass is 32.1. The van der Waals surface area contributed by atoms with Gasteiger partial charge in [-0.05, 0) is 23.3 Å². The van der Waals surface area contributed by atoms with Crippen LogP contribution in [0.1, 0.15) is 20.2 Å². The fraction of sp³-hybridized carbons (Fsp3) is 0.292. The number of hydrogen-bond donors (Lipinski definition) is 0. The summed E-state index contributed by atoms with van der Waals surface area (Å²) >= 11 is 1.36. The van der Waals surface area contributed by atoms with E-state index in [-0.39, 0.29) is 23.4 Å². The Hall–Kier alpha value is -3.10. The fourth-order valence-electron chi connectivity index (χ4n) is 4.28. The molecule has 8 heteroatoms. The number of likely N-dealkylation sites (tertiary alicyclic amines) is 1. The van der Waals surface area contributed by atoms with Crippen LogP contribution < -0.4 is 0 Å². The molecule has 1 aromatic heterocycles. The summed E-state index contributed by atoms with van der Waals surface area (Å²) < 4.78 is 14.4. The standard InChI is InChI=1S/C24H23FN4O2S/c25-21-7-6-18(17-4-2-1-3-5-17)14-20(21)23(30)29-15-19(16-29)27-9-11-28(12-10-27)24(31)22-26-8-13-32-22/h1-8,13-14,19H,9-12,15-16H2. The van der Waals surface area contributed by atoms with Gasteiger partial charge in [0.05, 0.1) is 5.56 Å². The lowest BCUT2D eigenvalue weighted by Gasteiger charge is -2.48. The van der Waals surface area contributed by atoms with Gasteiger partial charge in [-0.15, -0.1) is 11.3 Å². The van der Waals surface area contributed by atoms with Gasteiger partial charge in [-0.1, -0.05) is 36.4 Å². The van der Waals surface area contributed by atoms with Crippen LogP contribution in [0.5, 0.6) is 0 Å². The normalized spacial score (nSPS) is 17.3. The zero-order chi connectivity index (χ0) is 22.1. The van der Waals surface area contributed by atoms with Crippen molar-refractivity contribution in [1.82, 2.24) is 19.7 Å². The molecule has 5 rings (SSSR count). The van der Waals surface area contributed by atoms with Gasteiger partial charge < -0.3 is 9.80 Å². The third-order valence-corrected chi connectivity index (χ3v) is 6.95. The fourth-order valence-corrected chi connectivity index (χ4v) is 4.88. The molecule has 2 saturated heterocycles. The summed E-state index contributed by atoms with van der Waals surface area (Å²) in [6.07, 6.45) is 1.65. The Balaban J connectivity index is 1.18. The zero-order valence-corrected chi connectivity index (χ0v) is 18.3. The first kappa shape index (κ1) is 20.8. The monoisotopic (exact) mass is 450 g/mol. The third kappa shape index (κ3) is 4.03. The molecular weight excluding hydrogens is 427 g/mol. The van der Waals surface area contributed by atoms with Gasteiger partial charge in [0.1, 0.15) is 5.82 Å². The molecular formula is C24H23FN4O2S. The van der Waals surface area contributed by atoms with Crippen LogP contribution in [0.4, 0.5) is 4.39 Å². The highest BCUT2D eigenvalue weighted by Crippen LogP contribution is 2.25. The van der Waals surface area contributed by atoms with Crippen LogP contribution >= 0.6 is 11.3 Å². The van der Waals surface area contributed by atoms with E-state index in [0.717, 1.165) is 24.2 Å². The third-order valence-electron chi connectivity index (χ3n) is 6.19. The lowest BCUT2D eigenvalue weighted by atomic mass is 10.00. The van der Waals surface area contributed by atoms with E-state index in [4.69, 9.17) is 0 Å². The molecule has 2 aliphatic heterocycles. The number of carbonyl (C=O) groups is 2. The van der Waals surface area contributed by atoms with Crippen LogP contribution in [0.2, 0.25) is 0 Å². The maximum Gasteiger partial charge on any atom is 0.282 e. The summed E-state index contributed by atoms with van der Waals surface area (Å²) in [6.45, 7) is 3.99. The van der Waals surface area contributed by atoms with Gasteiger partial charge in [-0.25, -0.2) is 9.37 Å². The summed E-state index contributed by atoms with van der Waals surface area (Å²) in [5.74, 6) is -0.777. The van der Waals surface area contributed by atoms with Gasteiger partial charge in [-0.3, -0.25) is 14.5 Å². The first-order valence-electron chi connectivity index (χ1n) is 10.7. The molecule has 6 nitrogen and oxygen atoms in total. The van der Waals surface area contributed by atoms with Crippen molar-refractivity contribution in [2.45, 2.75) is 6.04 Å². The van der Waals surface area contributed by atoms with Gasteiger partial charge in [0.15, 0.2) is 5.01 Å². The van der Waals surface area contributed by atoms with Gasteiger partial charge in [0, 0.05) is 56.9 Å². The molecule has 32 heavy (non-hydrogen) atoms. The second-order valence-electron chi connectivity index (χ2n) is 8.09. The summed E-state index contributed by atoms with van der Waals surface area (Å²) in [5, 5.41) is 2.33. The maximum absolute atomic E-state index is 14.4. The topological polar surface area (TPSA) is 56.8 Å². The number of rotatable bonds is 4. The van der Waals surface area contributed by atoms with Crippen LogP contribution in [0.3, 0.4) is 0 Å². The van der Waals surface area contributed by atoms with Crippen molar-refractivity contribution in [3.05, 3.63) is 76.5 Å². The van der Waals surface area contributed by atoms with Crippen LogP contribution in [0, 0.1) is 5.82 Å². The van der Waals surface area contributed by atoms with Crippen LogP contribution in [0.15, 0.2) is 60.1 Å². The van der Waals surface area contributed by atoms with E-state index in [0.29, 0.717) is 31.2 Å². The molecule has 0 bridgehead atoms. The quantitative estimate of drug-likeness (QED) is 0.613. The van der Waals surface area contributed by atoms with Gasteiger partial charge in [-0.2, -0.15) is 0 Å². The number of aromatic nitrogens is 1. The number of amides is 2. The number of piperazine rings is 1. The minimum atomic E-state index is -0.493. The Morgan fingerprint density at radius 3 is 2.34 bits per heavy atom. The molecule has 3 aromatic rings. The van der Waals surface area contributed by atoms with Crippen molar-refractivity contribution in [1.29, 1.82) is 0 Å². The first-order valence-corrected chi connectivity index (χ1v) is 11.5. The highest BCUT2D eigenvalue weighted by Gasteiger charge is 2.37. The highest BCUT2D eigenvalue weighted by molar-refractivity contribution is 7.11. The molecule has 0 unspecified atom stereocenters. The van der Waals surface area contributed by atoms with Crippen LogP contribution in [-0.4, -0.2) is 76.8 Å². The van der Waals surface area contributed by atoms with Crippen molar-refractivity contribution in [2.75, 3.05) is 39.3 Å². The van der Waals surface area contributed by atoms with E-state index in [1.54, 1.807) is 23.2 Å². The molecule has 0 spiro atoms. The lowest BCUT2D eigenvalue weighted by Crippen LogP contribution is -2.64. The van der Waals surface area contributed by atoms with Gasteiger partial charge in [0.2, 0.25) is 0 Å². The lowest BCUT2D eigenvalue weighted by molar-refractivity contribution is 0.00831. The minimum Gasteiger partial charge on any atom is -0.335 e. The molecule has 0 aliphatic carbocycles. The number of carbonyl (C=O) groups excluding carboxylic acids is 2. The second-order valence-corrected chi connectivity index (χ2v) is 8.98. The molecule has 2 fully saturated rings. The average Bonchev–Trinajstić information content (AvgIpc) is 3.34. The van der Waals surface area contributed by atoms with Crippen LogP contribution in [-0.2, 0) is 0 Å². The summed E-state index contributed by atoms with van der Waals surface area (Å²) in [4.78, 5) is 35.3. The van der Waals surface area contributed by atoms with E-state index >= 15 is 0 Å². The summed E-state index contributed by atoms with van der Waals surface area (Å²) in [5.41, 5.74) is 1.89. The summed E-state index contributed by atoms with van der Waals surface area (Å²) in [7, 11) is 0. The maximum atomic E-state index is 14.4. The first-order chi connectivity index (χ1) is 15.6. The Kier molecular flexibility index (Phi) is 5.71. The Labute approximate surface area is 189 Å². The molecule has 0 saturated carbocycles. The Morgan fingerprint density at radius 2 is 1.66 bits per heavy atom. The van der Waals surface area contributed by atoms with Crippen molar-refractivity contribution >= 4 is 23.2 Å². The van der Waals surface area contributed by atoms with E-state index in [1.807, 2.05) is 40.6 Å². The predicted octanol–water partition coefficient (Wildman–Crippen LogP) is 3.23. The number of benzene rings is 2. The van der Waals surface area contributed by atoms with Crippen molar-refractivity contribution in [2.24, 2.45) is 0 Å². The predicted molar refractivity (Wildman–Crippen MR) is 121 cm³/mol. The molecule has 0 atom stereocenters. The molecule has 2 amide bonds. The molecule has 0 N–H and O–H groups in total. The number of halogens is 1. The molecule has 0 radical (unpaired) electrons. The van der Waals surface area contributed by atoms with Crippen molar-refractivity contribution in [3.63, 3.8) is 0 Å². The van der Waals surface area contributed by atoms with E-state index in [1.165, 1.54) is 17.4 Å². The molecule has 2 aromatic carbocycles. The van der Waals surface area contributed by atoms with Crippen LogP contribution in [0.25, 0.3) is 11.1 Å². The van der Waals surface area contributed by atoms with Gasteiger partial charge >= 0.3 is 0 Å². The van der Waals surface area contributed by atoms with Crippen molar-refractivity contribution in [3.8, 4) is 11.1 Å². The molecule has 2 aliphatic rings.